The molecule has 0 spiro atoms. The van der Waals surface area contributed by atoms with E-state index in [1.807, 2.05) is 0 Å². The van der Waals surface area contributed by atoms with E-state index in [0.29, 0.717) is 6.42 Å². The Morgan fingerprint density at radius 2 is 1.43 bits per heavy atom. The molecule has 0 aromatic rings. The molecule has 0 amide bonds. The molecule has 0 aliphatic heterocycles. The predicted molar refractivity (Wildman–Crippen MR) is 59.1 cm³/mol. The fraction of sp³-hybridized carbons (Fsp3) is 1.00. The second-order valence-electron chi connectivity index (χ2n) is 4.79. The van der Waals surface area contributed by atoms with Crippen LogP contribution in [-0.4, -0.2) is 28.0 Å². The van der Waals surface area contributed by atoms with Crippen LogP contribution in [0.3, 0.4) is 0 Å². The van der Waals surface area contributed by atoms with Crippen LogP contribution in [0.5, 0.6) is 0 Å². The lowest BCUT2D eigenvalue weighted by molar-refractivity contribution is -0.124. The number of nitrogens with two attached hydrogens (primary N) is 1. The quantitative estimate of drug-likeness (QED) is 0.548. The number of hydrogen-bond donors (Lipinski definition) is 3. The Bertz CT molecular complexity index is 150. The summed E-state index contributed by atoms with van der Waals surface area (Å²) in [6.45, 7) is 5.72. The molecule has 0 saturated carbocycles. The molecule has 0 aliphatic rings. The number of aliphatic hydroxyl groups is 2. The first-order chi connectivity index (χ1) is 6.31. The SMILES string of the molecule is CC(C)(O)[C@](C)(O)CCCCCCN. The first kappa shape index (κ1) is 13.9. The Morgan fingerprint density at radius 3 is 1.86 bits per heavy atom. The van der Waals surface area contributed by atoms with Crippen LogP contribution in [0, 0.1) is 0 Å². The normalized spacial score (nSPS) is 16.7. The molecule has 0 bridgehead atoms. The van der Waals surface area contributed by atoms with Crippen LogP contribution >= 0.6 is 0 Å². The van der Waals surface area contributed by atoms with Gasteiger partial charge in [0.15, 0.2) is 0 Å². The smallest absolute Gasteiger partial charge is 0.0900 e. The van der Waals surface area contributed by atoms with Crippen LogP contribution in [0.15, 0.2) is 0 Å². The van der Waals surface area contributed by atoms with Gasteiger partial charge in [-0.15, -0.1) is 0 Å². The van der Waals surface area contributed by atoms with E-state index in [1.165, 1.54) is 0 Å². The average molecular weight is 203 g/mol. The molecule has 0 rings (SSSR count). The molecule has 3 heteroatoms. The third-order valence-electron chi connectivity index (χ3n) is 2.94. The zero-order valence-corrected chi connectivity index (χ0v) is 9.71. The highest BCUT2D eigenvalue weighted by atomic mass is 16.3. The molecule has 0 unspecified atom stereocenters. The van der Waals surface area contributed by atoms with Gasteiger partial charge in [-0.3, -0.25) is 0 Å². The number of rotatable bonds is 7. The van der Waals surface area contributed by atoms with Crippen molar-refractivity contribution in [3.63, 3.8) is 0 Å². The fourth-order valence-electron chi connectivity index (χ4n) is 1.27. The van der Waals surface area contributed by atoms with Gasteiger partial charge in [0.05, 0.1) is 11.2 Å². The third-order valence-corrected chi connectivity index (χ3v) is 2.94. The highest BCUT2D eigenvalue weighted by Gasteiger charge is 2.36. The van der Waals surface area contributed by atoms with E-state index < -0.39 is 11.2 Å². The Labute approximate surface area is 87.3 Å². The van der Waals surface area contributed by atoms with E-state index in [4.69, 9.17) is 5.73 Å². The second kappa shape index (κ2) is 5.69. The summed E-state index contributed by atoms with van der Waals surface area (Å²) in [5.74, 6) is 0. The van der Waals surface area contributed by atoms with Gasteiger partial charge in [0.2, 0.25) is 0 Å². The Balaban J connectivity index is 3.67. The standard InChI is InChI=1S/C11H25NO2/c1-10(2,13)11(3,14)8-6-4-5-7-9-12/h13-14H,4-9,12H2,1-3H3/t11-/m1/s1. The highest BCUT2D eigenvalue weighted by molar-refractivity contribution is 4.89. The lowest BCUT2D eigenvalue weighted by Gasteiger charge is -2.35. The summed E-state index contributed by atoms with van der Waals surface area (Å²) in [6.07, 6.45) is 4.81. The third kappa shape index (κ3) is 4.94. The van der Waals surface area contributed by atoms with Gasteiger partial charge in [-0.2, -0.15) is 0 Å². The monoisotopic (exact) mass is 203 g/mol. The summed E-state index contributed by atoms with van der Waals surface area (Å²) in [7, 11) is 0. The van der Waals surface area contributed by atoms with Crippen molar-refractivity contribution in [2.24, 2.45) is 5.73 Å². The molecule has 3 nitrogen and oxygen atoms in total. The van der Waals surface area contributed by atoms with Crippen LogP contribution in [0.25, 0.3) is 0 Å². The summed E-state index contributed by atoms with van der Waals surface area (Å²) in [6, 6.07) is 0. The molecule has 0 aromatic heterocycles. The van der Waals surface area contributed by atoms with Gasteiger partial charge in [0.25, 0.3) is 0 Å². The molecule has 0 aliphatic carbocycles. The Hall–Kier alpha value is -0.120. The molecular weight excluding hydrogens is 178 g/mol. The van der Waals surface area contributed by atoms with Gasteiger partial charge in [-0.1, -0.05) is 19.3 Å². The molecule has 0 aromatic carbocycles. The first-order valence-electron chi connectivity index (χ1n) is 5.46. The number of unbranched alkanes of at least 4 members (excludes halogenated alkanes) is 3. The maximum atomic E-state index is 9.93. The second-order valence-corrected chi connectivity index (χ2v) is 4.79. The summed E-state index contributed by atoms with van der Waals surface area (Å²) < 4.78 is 0. The van der Waals surface area contributed by atoms with Crippen LogP contribution in [0.2, 0.25) is 0 Å². The van der Waals surface area contributed by atoms with Crippen molar-refractivity contribution in [2.75, 3.05) is 6.54 Å². The maximum absolute atomic E-state index is 9.93. The van der Waals surface area contributed by atoms with E-state index in [2.05, 4.69) is 0 Å². The topological polar surface area (TPSA) is 66.5 Å². The molecule has 86 valence electrons. The van der Waals surface area contributed by atoms with E-state index >= 15 is 0 Å². The van der Waals surface area contributed by atoms with Gasteiger partial charge in [0, 0.05) is 0 Å². The van der Waals surface area contributed by atoms with E-state index in [0.717, 1.165) is 32.2 Å². The van der Waals surface area contributed by atoms with Crippen molar-refractivity contribution in [3.8, 4) is 0 Å². The van der Waals surface area contributed by atoms with Gasteiger partial charge in [-0.05, 0) is 40.2 Å². The maximum Gasteiger partial charge on any atom is 0.0900 e. The molecule has 0 saturated heterocycles. The van der Waals surface area contributed by atoms with E-state index in [9.17, 15) is 10.2 Å². The van der Waals surface area contributed by atoms with Crippen molar-refractivity contribution in [3.05, 3.63) is 0 Å². The first-order valence-corrected chi connectivity index (χ1v) is 5.46. The Morgan fingerprint density at radius 1 is 0.929 bits per heavy atom. The van der Waals surface area contributed by atoms with E-state index in [1.54, 1.807) is 20.8 Å². The van der Waals surface area contributed by atoms with Gasteiger partial charge >= 0.3 is 0 Å². The molecule has 0 heterocycles. The van der Waals surface area contributed by atoms with Crippen molar-refractivity contribution in [2.45, 2.75) is 64.1 Å². The van der Waals surface area contributed by atoms with Crippen LogP contribution in [0.4, 0.5) is 0 Å². The van der Waals surface area contributed by atoms with E-state index in [-0.39, 0.29) is 0 Å². The largest absolute Gasteiger partial charge is 0.387 e. The minimum absolute atomic E-state index is 0.640. The van der Waals surface area contributed by atoms with Crippen LogP contribution < -0.4 is 5.73 Å². The molecule has 4 N–H and O–H groups in total. The fourth-order valence-corrected chi connectivity index (χ4v) is 1.27. The summed E-state index contributed by atoms with van der Waals surface area (Å²) in [4.78, 5) is 0. The van der Waals surface area contributed by atoms with Crippen molar-refractivity contribution in [1.82, 2.24) is 0 Å². The minimum atomic E-state index is -1.03. The van der Waals surface area contributed by atoms with Gasteiger partial charge < -0.3 is 15.9 Å². The van der Waals surface area contributed by atoms with Gasteiger partial charge in [-0.25, -0.2) is 0 Å². The zero-order valence-electron chi connectivity index (χ0n) is 9.71. The predicted octanol–water partition coefficient (Wildman–Crippen LogP) is 1.42. The zero-order chi connectivity index (χ0) is 11.2. The summed E-state index contributed by atoms with van der Waals surface area (Å²) >= 11 is 0. The van der Waals surface area contributed by atoms with Gasteiger partial charge in [0.1, 0.15) is 0 Å². The molecule has 0 fully saturated rings. The molecule has 0 radical (unpaired) electrons. The highest BCUT2D eigenvalue weighted by Crippen LogP contribution is 2.26. The molecule has 14 heavy (non-hydrogen) atoms. The van der Waals surface area contributed by atoms with Crippen molar-refractivity contribution >= 4 is 0 Å². The Kier molecular flexibility index (Phi) is 5.64. The lowest BCUT2D eigenvalue weighted by atomic mass is 9.83. The number of hydrogen-bond acceptors (Lipinski definition) is 3. The summed E-state index contributed by atoms with van der Waals surface area (Å²) in [5, 5.41) is 19.6. The van der Waals surface area contributed by atoms with Crippen LogP contribution in [0.1, 0.15) is 52.9 Å². The van der Waals surface area contributed by atoms with Crippen LogP contribution in [-0.2, 0) is 0 Å². The minimum Gasteiger partial charge on any atom is -0.387 e. The molecular formula is C11H25NO2. The van der Waals surface area contributed by atoms with Crippen molar-refractivity contribution < 1.29 is 10.2 Å². The lowest BCUT2D eigenvalue weighted by Crippen LogP contribution is -2.47. The summed E-state index contributed by atoms with van der Waals surface area (Å²) in [5.41, 5.74) is 3.36. The van der Waals surface area contributed by atoms with Crippen molar-refractivity contribution in [1.29, 1.82) is 0 Å². The molecule has 1 atom stereocenters. The average Bonchev–Trinajstić information content (AvgIpc) is 2.02.